The van der Waals surface area contributed by atoms with Crippen LogP contribution in [0.25, 0.3) is 0 Å². The number of carbonyl (C=O) groups is 3. The molecule has 0 fully saturated rings. The smallest absolute Gasteiger partial charge is 0.315 e. The molecule has 8 heteroatoms. The van der Waals surface area contributed by atoms with E-state index in [0.29, 0.717) is 6.42 Å². The molecule has 0 rings (SSSR count). The molecule has 0 aromatic carbocycles. The van der Waals surface area contributed by atoms with Gasteiger partial charge in [-0.05, 0) is 32.1 Å². The van der Waals surface area contributed by atoms with Crippen molar-refractivity contribution >= 4 is 43.2 Å². The summed E-state index contributed by atoms with van der Waals surface area (Å²) in [6.07, 6.45) is 21.2. The normalized spacial score (nSPS) is 10.5. The SMILES string of the molecule is CCCCCCCC/C=C\CCCCCCCC(=O)O.O=C(CS)OCCOC(=O)CS. The quantitative estimate of drug-likeness (QED) is 0.0831. The summed E-state index contributed by atoms with van der Waals surface area (Å²) in [5.41, 5.74) is 0. The number of ether oxygens (including phenoxy) is 2. The van der Waals surface area contributed by atoms with Crippen LogP contribution in [0.5, 0.6) is 0 Å². The van der Waals surface area contributed by atoms with Gasteiger partial charge >= 0.3 is 17.9 Å². The fourth-order valence-electron chi connectivity index (χ4n) is 2.75. The number of esters is 2. The number of hydrogen-bond donors (Lipinski definition) is 3. The highest BCUT2D eigenvalue weighted by atomic mass is 32.1. The molecule has 0 heterocycles. The van der Waals surface area contributed by atoms with Crippen molar-refractivity contribution < 1.29 is 29.0 Å². The average Bonchev–Trinajstić information content (AvgIpc) is 2.79. The van der Waals surface area contributed by atoms with Crippen molar-refractivity contribution in [2.75, 3.05) is 24.7 Å². The van der Waals surface area contributed by atoms with Crippen LogP contribution in [0, 0.1) is 0 Å². The molecule has 0 aliphatic carbocycles. The average molecular weight is 493 g/mol. The molecule has 0 spiro atoms. The van der Waals surface area contributed by atoms with E-state index < -0.39 is 17.9 Å². The molecule has 32 heavy (non-hydrogen) atoms. The zero-order chi connectivity index (χ0) is 24.3. The van der Waals surface area contributed by atoms with Crippen LogP contribution in [0.2, 0.25) is 0 Å². The highest BCUT2D eigenvalue weighted by Gasteiger charge is 2.01. The van der Waals surface area contributed by atoms with Crippen LogP contribution in [0.15, 0.2) is 12.2 Å². The summed E-state index contributed by atoms with van der Waals surface area (Å²) in [5, 5.41) is 8.51. The van der Waals surface area contributed by atoms with Crippen LogP contribution in [0.3, 0.4) is 0 Å². The molecule has 0 amide bonds. The monoisotopic (exact) mass is 492 g/mol. The van der Waals surface area contributed by atoms with Crippen LogP contribution in [-0.2, 0) is 23.9 Å². The van der Waals surface area contributed by atoms with Gasteiger partial charge in [-0.1, -0.05) is 70.4 Å². The van der Waals surface area contributed by atoms with Crippen molar-refractivity contribution in [2.24, 2.45) is 0 Å². The predicted molar refractivity (Wildman–Crippen MR) is 137 cm³/mol. The Morgan fingerprint density at radius 2 is 1.09 bits per heavy atom. The van der Waals surface area contributed by atoms with Crippen molar-refractivity contribution in [1.82, 2.24) is 0 Å². The molecule has 0 unspecified atom stereocenters. The van der Waals surface area contributed by atoms with E-state index in [9.17, 15) is 14.4 Å². The minimum atomic E-state index is -0.664. The Morgan fingerprint density at radius 1 is 0.688 bits per heavy atom. The summed E-state index contributed by atoms with van der Waals surface area (Å²) in [5.74, 6) is -1.47. The van der Waals surface area contributed by atoms with Gasteiger partial charge in [0.15, 0.2) is 0 Å². The lowest BCUT2D eigenvalue weighted by Gasteiger charge is -2.03. The van der Waals surface area contributed by atoms with E-state index in [2.05, 4.69) is 53.8 Å². The second-order valence-corrected chi connectivity index (χ2v) is 8.12. The van der Waals surface area contributed by atoms with Crippen LogP contribution in [0.1, 0.15) is 96.8 Å². The van der Waals surface area contributed by atoms with E-state index in [-0.39, 0.29) is 24.7 Å². The van der Waals surface area contributed by atoms with Crippen molar-refractivity contribution in [1.29, 1.82) is 0 Å². The highest BCUT2D eigenvalue weighted by molar-refractivity contribution is 7.81. The minimum absolute atomic E-state index is 0.0283. The topological polar surface area (TPSA) is 89.9 Å². The molecule has 0 saturated carbocycles. The molecular weight excluding hydrogens is 448 g/mol. The zero-order valence-corrected chi connectivity index (χ0v) is 21.6. The van der Waals surface area contributed by atoms with Gasteiger partial charge in [0.2, 0.25) is 0 Å². The van der Waals surface area contributed by atoms with Gasteiger partial charge in [-0.25, -0.2) is 0 Å². The first kappa shape index (κ1) is 33.0. The second-order valence-electron chi connectivity index (χ2n) is 7.49. The number of rotatable bonds is 20. The summed E-state index contributed by atoms with van der Waals surface area (Å²) in [6.45, 7) is 2.40. The Morgan fingerprint density at radius 3 is 1.50 bits per heavy atom. The van der Waals surface area contributed by atoms with Crippen LogP contribution in [0.4, 0.5) is 0 Å². The first-order valence-electron chi connectivity index (χ1n) is 11.9. The van der Waals surface area contributed by atoms with Crippen molar-refractivity contribution in [3.63, 3.8) is 0 Å². The predicted octanol–water partition coefficient (Wildman–Crippen LogP) is 6.04. The van der Waals surface area contributed by atoms with Gasteiger partial charge in [-0.2, -0.15) is 25.3 Å². The summed E-state index contributed by atoms with van der Waals surface area (Å²) in [7, 11) is 0. The molecule has 0 bridgehead atoms. The number of allylic oxidation sites excluding steroid dienone is 2. The molecular formula is C24H44O6S2. The number of carboxylic acids is 1. The maximum Gasteiger partial charge on any atom is 0.315 e. The van der Waals surface area contributed by atoms with Crippen molar-refractivity contribution in [3.05, 3.63) is 12.2 Å². The summed E-state index contributed by atoms with van der Waals surface area (Å²) < 4.78 is 9.14. The number of thiol groups is 2. The maximum atomic E-state index is 10.5. The van der Waals surface area contributed by atoms with E-state index in [1.807, 2.05) is 0 Å². The zero-order valence-electron chi connectivity index (χ0n) is 19.8. The Kier molecular flexibility index (Phi) is 28.8. The van der Waals surface area contributed by atoms with Crippen molar-refractivity contribution in [3.8, 4) is 0 Å². The Labute approximate surface area is 205 Å². The van der Waals surface area contributed by atoms with Gasteiger partial charge in [0.05, 0.1) is 11.5 Å². The molecule has 0 aromatic rings. The summed E-state index contributed by atoms with van der Waals surface area (Å²) in [6, 6.07) is 0. The molecule has 0 saturated heterocycles. The summed E-state index contributed by atoms with van der Waals surface area (Å²) >= 11 is 7.36. The number of carbonyl (C=O) groups excluding carboxylic acids is 2. The lowest BCUT2D eigenvalue weighted by atomic mass is 10.1. The van der Waals surface area contributed by atoms with E-state index >= 15 is 0 Å². The molecule has 6 nitrogen and oxygen atoms in total. The maximum absolute atomic E-state index is 10.5. The first-order chi connectivity index (χ1) is 15.5. The van der Waals surface area contributed by atoms with E-state index in [1.54, 1.807) is 0 Å². The molecule has 0 radical (unpaired) electrons. The van der Waals surface area contributed by atoms with Crippen molar-refractivity contribution in [2.45, 2.75) is 96.8 Å². The second kappa shape index (κ2) is 27.9. The lowest BCUT2D eigenvalue weighted by Crippen LogP contribution is -2.14. The minimum Gasteiger partial charge on any atom is -0.481 e. The Hall–Kier alpha value is -1.15. The van der Waals surface area contributed by atoms with Gasteiger partial charge in [0.25, 0.3) is 0 Å². The van der Waals surface area contributed by atoms with Gasteiger partial charge in [0, 0.05) is 6.42 Å². The standard InChI is InChI=1S/C18H34O2.C6H10O4S2/c1-2-3-4-5-6-7-8-9-10-11-12-13-14-15-16-17-18(19)20;7-5(3-11)9-1-2-10-6(8)4-12/h9-10H,2-8,11-17H2,1H3,(H,19,20);11-12H,1-4H2/b10-9-;. The Bertz CT molecular complexity index is 465. The molecule has 0 aromatic heterocycles. The van der Waals surface area contributed by atoms with Crippen LogP contribution in [-0.4, -0.2) is 47.7 Å². The Balaban J connectivity index is 0. The lowest BCUT2D eigenvalue weighted by molar-refractivity contribution is -0.148. The third kappa shape index (κ3) is 31.0. The van der Waals surface area contributed by atoms with E-state index in [0.717, 1.165) is 12.8 Å². The first-order valence-corrected chi connectivity index (χ1v) is 13.1. The molecule has 0 aliphatic rings. The molecule has 188 valence electrons. The van der Waals surface area contributed by atoms with Gasteiger partial charge in [-0.3, -0.25) is 14.4 Å². The largest absolute Gasteiger partial charge is 0.481 e. The number of hydrogen-bond acceptors (Lipinski definition) is 7. The number of unbranched alkanes of at least 4 members (excludes halogenated alkanes) is 11. The number of carboxylic acid groups (broad SMARTS) is 1. The highest BCUT2D eigenvalue weighted by Crippen LogP contribution is 2.09. The number of aliphatic carboxylic acids is 1. The fraction of sp³-hybridized carbons (Fsp3) is 0.792. The molecule has 0 aliphatic heterocycles. The fourth-order valence-corrected chi connectivity index (χ4v) is 2.93. The van der Waals surface area contributed by atoms with E-state index in [4.69, 9.17) is 5.11 Å². The van der Waals surface area contributed by atoms with Gasteiger partial charge < -0.3 is 14.6 Å². The molecule has 0 atom stereocenters. The van der Waals surface area contributed by atoms with E-state index in [1.165, 1.54) is 70.6 Å². The third-order valence-electron chi connectivity index (χ3n) is 4.52. The van der Waals surface area contributed by atoms with Crippen LogP contribution >= 0.6 is 25.3 Å². The van der Waals surface area contributed by atoms with Gasteiger partial charge in [-0.15, -0.1) is 0 Å². The third-order valence-corrected chi connectivity index (χ3v) is 5.04. The van der Waals surface area contributed by atoms with Gasteiger partial charge in [0.1, 0.15) is 13.2 Å². The molecule has 1 N–H and O–H groups in total. The summed E-state index contributed by atoms with van der Waals surface area (Å²) in [4.78, 5) is 31.3. The van der Waals surface area contributed by atoms with Crippen LogP contribution < -0.4 is 0 Å².